The van der Waals surface area contributed by atoms with Gasteiger partial charge in [0, 0.05) is 48.5 Å². The van der Waals surface area contributed by atoms with E-state index in [9.17, 15) is 9.59 Å². The molecule has 3 fully saturated rings. The lowest BCUT2D eigenvalue weighted by Crippen LogP contribution is -2.59. The molecule has 2 amide bonds. The van der Waals surface area contributed by atoms with Gasteiger partial charge in [-0.25, -0.2) is 0 Å². The Morgan fingerprint density at radius 2 is 1.70 bits per heavy atom. The van der Waals surface area contributed by atoms with Crippen LogP contribution in [0.5, 0.6) is 0 Å². The van der Waals surface area contributed by atoms with E-state index in [0.717, 1.165) is 75.3 Å². The summed E-state index contributed by atoms with van der Waals surface area (Å²) in [6.45, 7) is 8.17. The standard InChI is InChI=1S/C27H38ClN5O2S.ClH/c1-30-11-7-22(8-12-30)32-13-15-33(16-14-32)27(35)23(19-31-9-3-2-4-10-31)29-26(34)25-17-20-5-6-21(28)18-24(20)36-25;/h5-6,17-18,22-23H,2-4,7-16,19H2,1H3,(H,29,34);1H/t23-;/m1./s1. The zero-order valence-electron chi connectivity index (χ0n) is 21.7. The van der Waals surface area contributed by atoms with Crippen molar-refractivity contribution in [2.45, 2.75) is 44.2 Å². The van der Waals surface area contributed by atoms with E-state index in [0.29, 0.717) is 22.5 Å². The summed E-state index contributed by atoms with van der Waals surface area (Å²) in [5, 5.41) is 4.78. The van der Waals surface area contributed by atoms with Gasteiger partial charge in [-0.15, -0.1) is 23.7 Å². The summed E-state index contributed by atoms with van der Waals surface area (Å²) < 4.78 is 0.983. The first-order valence-corrected chi connectivity index (χ1v) is 14.6. The van der Waals surface area contributed by atoms with Gasteiger partial charge >= 0.3 is 0 Å². The Morgan fingerprint density at radius 3 is 2.41 bits per heavy atom. The van der Waals surface area contributed by atoms with Crippen molar-refractivity contribution in [2.24, 2.45) is 0 Å². The topological polar surface area (TPSA) is 59.1 Å². The highest BCUT2D eigenvalue weighted by Gasteiger charge is 2.33. The summed E-state index contributed by atoms with van der Waals surface area (Å²) in [6.07, 6.45) is 5.96. The quantitative estimate of drug-likeness (QED) is 0.575. The Kier molecular flexibility index (Phi) is 10.1. The third-order valence-corrected chi connectivity index (χ3v) is 9.36. The van der Waals surface area contributed by atoms with Gasteiger partial charge in [0.05, 0.1) is 4.88 Å². The third kappa shape index (κ3) is 7.16. The third-order valence-electron chi connectivity index (χ3n) is 8.03. The molecule has 0 spiro atoms. The first-order chi connectivity index (χ1) is 17.5. The molecule has 0 bridgehead atoms. The molecule has 2 aromatic rings. The molecule has 1 N–H and O–H groups in total. The summed E-state index contributed by atoms with van der Waals surface area (Å²) >= 11 is 7.56. The molecule has 0 radical (unpaired) electrons. The molecule has 0 saturated carbocycles. The average Bonchev–Trinajstić information content (AvgIpc) is 3.32. The number of fused-ring (bicyclic) bond motifs is 1. The molecule has 37 heavy (non-hydrogen) atoms. The molecule has 10 heteroatoms. The first-order valence-electron chi connectivity index (χ1n) is 13.4. The molecule has 5 rings (SSSR count). The lowest BCUT2D eigenvalue weighted by molar-refractivity contribution is -0.136. The summed E-state index contributed by atoms with van der Waals surface area (Å²) in [5.41, 5.74) is 0. The van der Waals surface area contributed by atoms with Gasteiger partial charge in [0.15, 0.2) is 0 Å². The van der Waals surface area contributed by atoms with E-state index < -0.39 is 6.04 Å². The summed E-state index contributed by atoms with van der Waals surface area (Å²) in [5.74, 6) is -0.117. The summed E-state index contributed by atoms with van der Waals surface area (Å²) in [6, 6.07) is 7.66. The fourth-order valence-corrected chi connectivity index (χ4v) is 7.06. The second-order valence-corrected chi connectivity index (χ2v) is 12.1. The van der Waals surface area contributed by atoms with Crippen LogP contribution < -0.4 is 5.32 Å². The lowest BCUT2D eigenvalue weighted by atomic mass is 10.0. The molecule has 0 unspecified atom stereocenters. The van der Waals surface area contributed by atoms with Crippen LogP contribution in [-0.2, 0) is 4.79 Å². The van der Waals surface area contributed by atoms with E-state index in [1.54, 1.807) is 0 Å². The van der Waals surface area contributed by atoms with Crippen molar-refractivity contribution in [3.63, 3.8) is 0 Å². The van der Waals surface area contributed by atoms with Crippen molar-refractivity contribution in [1.82, 2.24) is 24.9 Å². The number of likely N-dealkylation sites (tertiary alicyclic amines) is 2. The average molecular weight is 569 g/mol. The van der Waals surface area contributed by atoms with Crippen LogP contribution in [-0.4, -0.2) is 109 Å². The van der Waals surface area contributed by atoms with Crippen molar-refractivity contribution in [3.8, 4) is 0 Å². The Labute approximate surface area is 235 Å². The number of piperidine rings is 2. The van der Waals surface area contributed by atoms with Gasteiger partial charge < -0.3 is 20.0 Å². The number of hydrogen-bond acceptors (Lipinski definition) is 6. The molecule has 4 heterocycles. The Bertz CT molecular complexity index is 1060. The Morgan fingerprint density at radius 1 is 1.00 bits per heavy atom. The van der Waals surface area contributed by atoms with Crippen LogP contribution in [0.3, 0.4) is 0 Å². The van der Waals surface area contributed by atoms with Crippen LogP contribution in [0.2, 0.25) is 5.02 Å². The Balaban J connectivity index is 0.00000320. The maximum absolute atomic E-state index is 13.7. The Hall–Kier alpha value is -1.42. The number of benzene rings is 1. The fourth-order valence-electron chi connectivity index (χ4n) is 5.82. The van der Waals surface area contributed by atoms with Crippen LogP contribution in [0.1, 0.15) is 41.8 Å². The van der Waals surface area contributed by atoms with Crippen molar-refractivity contribution in [2.75, 3.05) is 66.0 Å². The van der Waals surface area contributed by atoms with Crippen molar-refractivity contribution in [3.05, 3.63) is 34.2 Å². The number of rotatable bonds is 6. The number of amides is 2. The molecule has 204 valence electrons. The molecule has 7 nitrogen and oxygen atoms in total. The minimum absolute atomic E-state index is 0. The molecule has 1 atom stereocenters. The number of nitrogens with one attached hydrogen (secondary N) is 1. The van der Waals surface area contributed by atoms with Gasteiger partial charge in [-0.1, -0.05) is 24.1 Å². The van der Waals surface area contributed by atoms with Gasteiger partial charge in [-0.3, -0.25) is 14.5 Å². The first kappa shape index (κ1) is 28.6. The van der Waals surface area contributed by atoms with Crippen molar-refractivity contribution < 1.29 is 9.59 Å². The normalized spacial score (nSPS) is 21.5. The van der Waals surface area contributed by atoms with E-state index >= 15 is 0 Å². The van der Waals surface area contributed by atoms with Crippen LogP contribution in [0, 0.1) is 0 Å². The van der Waals surface area contributed by atoms with Gasteiger partial charge in [0.2, 0.25) is 5.91 Å². The minimum Gasteiger partial charge on any atom is -0.338 e. The van der Waals surface area contributed by atoms with Crippen LogP contribution in [0.15, 0.2) is 24.3 Å². The molecule has 3 saturated heterocycles. The second kappa shape index (κ2) is 13.1. The second-order valence-electron chi connectivity index (χ2n) is 10.6. The van der Waals surface area contributed by atoms with E-state index in [2.05, 4.69) is 27.1 Å². The maximum atomic E-state index is 13.7. The number of hydrogen-bond donors (Lipinski definition) is 1. The molecule has 3 aliphatic rings. The van der Waals surface area contributed by atoms with Gasteiger partial charge in [0.25, 0.3) is 5.91 Å². The highest BCUT2D eigenvalue weighted by Crippen LogP contribution is 2.28. The maximum Gasteiger partial charge on any atom is 0.262 e. The molecule has 0 aliphatic carbocycles. The van der Waals surface area contributed by atoms with Crippen LogP contribution >= 0.6 is 35.3 Å². The van der Waals surface area contributed by atoms with Gasteiger partial charge in [-0.05, 0) is 82.5 Å². The monoisotopic (exact) mass is 567 g/mol. The number of nitrogens with zero attached hydrogens (tertiary/aromatic N) is 4. The van der Waals surface area contributed by atoms with Crippen molar-refractivity contribution >= 4 is 57.2 Å². The highest BCUT2D eigenvalue weighted by molar-refractivity contribution is 7.20. The number of halogens is 2. The molecule has 1 aromatic heterocycles. The number of carbonyl (C=O) groups excluding carboxylic acids is 2. The van der Waals surface area contributed by atoms with E-state index in [-0.39, 0.29) is 24.2 Å². The van der Waals surface area contributed by atoms with E-state index in [1.807, 2.05) is 29.2 Å². The fraction of sp³-hybridized carbons (Fsp3) is 0.630. The zero-order chi connectivity index (χ0) is 25.1. The van der Waals surface area contributed by atoms with E-state index in [1.165, 1.54) is 30.6 Å². The molecular weight excluding hydrogens is 529 g/mol. The van der Waals surface area contributed by atoms with E-state index in [4.69, 9.17) is 11.6 Å². The number of piperazine rings is 1. The lowest BCUT2D eigenvalue weighted by Gasteiger charge is -2.43. The van der Waals surface area contributed by atoms with Crippen LogP contribution in [0.25, 0.3) is 10.1 Å². The zero-order valence-corrected chi connectivity index (χ0v) is 24.1. The predicted octanol–water partition coefficient (Wildman–Crippen LogP) is 3.80. The number of thiophene rings is 1. The van der Waals surface area contributed by atoms with Gasteiger partial charge in [-0.2, -0.15) is 0 Å². The smallest absolute Gasteiger partial charge is 0.262 e. The minimum atomic E-state index is -0.528. The molecular formula is C27H39Cl2N5O2S. The highest BCUT2D eigenvalue weighted by atomic mass is 35.5. The predicted molar refractivity (Wildman–Crippen MR) is 154 cm³/mol. The summed E-state index contributed by atoms with van der Waals surface area (Å²) in [4.78, 5) is 36.9. The molecule has 1 aromatic carbocycles. The van der Waals surface area contributed by atoms with Crippen molar-refractivity contribution in [1.29, 1.82) is 0 Å². The van der Waals surface area contributed by atoms with Gasteiger partial charge in [0.1, 0.15) is 6.04 Å². The summed E-state index contributed by atoms with van der Waals surface area (Å²) in [7, 11) is 2.19. The SMILES string of the molecule is CN1CCC(N2CCN(C(=O)[C@@H](CN3CCCCC3)NC(=O)c3cc4ccc(Cl)cc4s3)CC2)CC1.Cl. The molecule has 3 aliphatic heterocycles. The largest absolute Gasteiger partial charge is 0.338 e. The van der Waals surface area contributed by atoms with Crippen LogP contribution in [0.4, 0.5) is 0 Å². The number of carbonyl (C=O) groups is 2.